The van der Waals surface area contributed by atoms with Gasteiger partial charge in [-0.05, 0) is 124 Å². The lowest BCUT2D eigenvalue weighted by atomic mass is 10.2. The number of nitrogens with one attached hydrogen (secondary N) is 2. The predicted octanol–water partition coefficient (Wildman–Crippen LogP) is 11.2. The van der Waals surface area contributed by atoms with Crippen molar-refractivity contribution in [2.45, 2.75) is 54.4 Å². The number of nitrogen functional groups attached to an aromatic ring is 1. The number of fused-ring (bicyclic) bond motifs is 1. The van der Waals surface area contributed by atoms with Crippen molar-refractivity contribution in [3.8, 4) is 23.0 Å². The summed E-state index contributed by atoms with van der Waals surface area (Å²) in [5.41, 5.74) is 12.9. The molecule has 7 aromatic rings. The topological polar surface area (TPSA) is 165 Å². The van der Waals surface area contributed by atoms with Gasteiger partial charge in [0.25, 0.3) is 0 Å². The van der Waals surface area contributed by atoms with Gasteiger partial charge in [0.2, 0.25) is 5.95 Å². The number of thiocarbonyl (C=S) groups is 1. The molecule has 0 bridgehead atoms. The third-order valence-corrected chi connectivity index (χ3v) is 11.3. The van der Waals surface area contributed by atoms with Crippen molar-refractivity contribution in [3.63, 3.8) is 0 Å². The zero-order chi connectivity index (χ0) is 51.5. The first kappa shape index (κ1) is 54.5. The number of carbonyl (C=O) groups excluding carboxylic acids is 2. The molecule has 17 heteroatoms. The molecule has 0 atom stereocenters. The van der Waals surface area contributed by atoms with Crippen LogP contribution in [0, 0.1) is 25.5 Å². The summed E-state index contributed by atoms with van der Waals surface area (Å²) < 4.78 is 40.7. The first-order valence-electron chi connectivity index (χ1n) is 23.3. The predicted molar refractivity (Wildman–Crippen MR) is 283 cm³/mol. The number of aromatic nitrogens is 4. The number of aryl methyl sites for hydroxylation is 3. The Labute approximate surface area is 420 Å². The zero-order valence-electron chi connectivity index (χ0n) is 41.6. The quantitative estimate of drug-likeness (QED) is 0.0376. The molecule has 4 N–H and O–H groups in total. The maximum absolute atomic E-state index is 14.2. The molecule has 0 amide bonds. The van der Waals surface area contributed by atoms with Crippen LogP contribution in [0.15, 0.2) is 114 Å². The molecule has 372 valence electrons. The SMILES string of the molecule is CCN(CC)CC(=O)Cc1cc(Oc2ccc(NC)c(N)c2)ccn1.CCN(CC)CC(=O)Cc1cc(Oc2ccc3c(c2)nc(Nc2cc(C)ccc2F)n3C)ccn1.Cc1ccc(F)c(N=C=S)c1. The Morgan fingerprint density at radius 2 is 1.23 bits per heavy atom. The van der Waals surface area contributed by atoms with Crippen molar-refractivity contribution in [1.29, 1.82) is 0 Å². The maximum Gasteiger partial charge on any atom is 0.208 e. The number of nitrogens with two attached hydrogens (primary N) is 1. The zero-order valence-corrected chi connectivity index (χ0v) is 42.4. The van der Waals surface area contributed by atoms with Gasteiger partial charge in [0.1, 0.15) is 40.3 Å². The number of isothiocyanates is 1. The van der Waals surface area contributed by atoms with E-state index < -0.39 is 0 Å². The van der Waals surface area contributed by atoms with Crippen LogP contribution >= 0.6 is 12.2 Å². The molecular weight excluding hydrogens is 923 g/mol. The Kier molecular flexibility index (Phi) is 20.8. The van der Waals surface area contributed by atoms with Gasteiger partial charge >= 0.3 is 0 Å². The normalized spacial score (nSPS) is 10.7. The standard InChI is InChI=1S/C27H30FN5O2.C19H26N4O2.C8H6FNS/c1-5-33(6-2)17-20(34)14-19-15-22(11-12-29-19)35-21-8-10-26-25(16-21)31-27(32(26)4)30-24-13-18(3)7-9-23(24)28;1-4-23(5-2)13-15(24)10-14-11-17(8-9-22-14)25-16-6-7-19(21-3)18(20)12-16;1-6-2-3-7(9)8(4-6)10-5-11/h7-13,15-16H,5-6,14,17H2,1-4H3,(H,30,31);6-9,11-12,21H,4-5,10,13,20H2,1-3H3;2-4H,1H3. The van der Waals surface area contributed by atoms with E-state index in [4.69, 9.17) is 15.2 Å². The van der Waals surface area contributed by atoms with Crippen molar-refractivity contribution in [2.75, 3.05) is 62.7 Å². The fourth-order valence-electron chi connectivity index (χ4n) is 7.21. The highest BCUT2D eigenvalue weighted by Gasteiger charge is 2.15. The Morgan fingerprint density at radius 3 is 1.76 bits per heavy atom. The van der Waals surface area contributed by atoms with Gasteiger partial charge in [-0.2, -0.15) is 4.99 Å². The van der Waals surface area contributed by atoms with Crippen LogP contribution in [-0.4, -0.2) is 92.4 Å². The number of pyridine rings is 2. The number of imidazole rings is 1. The minimum absolute atomic E-state index is 0.123. The summed E-state index contributed by atoms with van der Waals surface area (Å²) in [5, 5.41) is 8.21. The smallest absolute Gasteiger partial charge is 0.208 e. The molecule has 14 nitrogen and oxygen atoms in total. The number of benzene rings is 4. The molecule has 4 aromatic carbocycles. The lowest BCUT2D eigenvalue weighted by Crippen LogP contribution is -2.30. The molecule has 0 radical (unpaired) electrons. The molecule has 3 aromatic heterocycles. The van der Waals surface area contributed by atoms with E-state index in [-0.39, 0.29) is 35.3 Å². The molecule has 0 saturated carbocycles. The van der Waals surface area contributed by atoms with Crippen LogP contribution in [0.1, 0.15) is 50.2 Å². The number of carbonyl (C=O) groups is 2. The number of anilines is 4. The summed E-state index contributed by atoms with van der Waals surface area (Å²) in [4.78, 5) is 45.5. The Bertz CT molecular complexity index is 2950. The molecular formula is C54H62F2N10O4S. The third-order valence-electron chi connectivity index (χ3n) is 11.2. The summed E-state index contributed by atoms with van der Waals surface area (Å²) in [5.74, 6) is 2.58. The third kappa shape index (κ3) is 16.6. The molecule has 0 saturated heterocycles. The second-order valence-electron chi connectivity index (χ2n) is 16.4. The lowest BCUT2D eigenvalue weighted by molar-refractivity contribution is -0.120. The molecule has 7 rings (SSSR count). The average Bonchev–Trinajstić information content (AvgIpc) is 3.66. The van der Waals surface area contributed by atoms with Crippen molar-refractivity contribution in [1.82, 2.24) is 29.3 Å². The van der Waals surface area contributed by atoms with Crippen molar-refractivity contribution >= 4 is 68.7 Å². The summed E-state index contributed by atoms with van der Waals surface area (Å²) in [6.45, 7) is 16.2. The fourth-order valence-corrected chi connectivity index (χ4v) is 7.31. The molecule has 0 aliphatic heterocycles. The number of likely N-dealkylation sites (N-methyl/N-ethyl adjacent to an activating group) is 2. The first-order valence-corrected chi connectivity index (χ1v) is 23.7. The van der Waals surface area contributed by atoms with E-state index >= 15 is 0 Å². The van der Waals surface area contributed by atoms with Crippen LogP contribution in [0.5, 0.6) is 23.0 Å². The second kappa shape index (κ2) is 27.1. The van der Waals surface area contributed by atoms with Gasteiger partial charge in [0.05, 0.1) is 70.6 Å². The van der Waals surface area contributed by atoms with E-state index in [9.17, 15) is 18.4 Å². The van der Waals surface area contributed by atoms with E-state index in [0.29, 0.717) is 76.7 Å². The highest BCUT2D eigenvalue weighted by Crippen LogP contribution is 2.30. The van der Waals surface area contributed by atoms with Crippen molar-refractivity contribution < 1.29 is 27.8 Å². The van der Waals surface area contributed by atoms with Crippen LogP contribution in [0.3, 0.4) is 0 Å². The highest BCUT2D eigenvalue weighted by molar-refractivity contribution is 7.78. The van der Waals surface area contributed by atoms with Crippen LogP contribution in [-0.2, 0) is 29.5 Å². The molecule has 0 spiro atoms. The Balaban J connectivity index is 0.000000226. The molecule has 0 aliphatic rings. The first-order chi connectivity index (χ1) is 34.1. The van der Waals surface area contributed by atoms with Gasteiger partial charge in [0, 0.05) is 50.8 Å². The minimum Gasteiger partial charge on any atom is -0.457 e. The average molecular weight is 985 g/mol. The Hall–Kier alpha value is -7.43. The van der Waals surface area contributed by atoms with Crippen molar-refractivity contribution in [2.24, 2.45) is 12.0 Å². The molecule has 0 unspecified atom stereocenters. The minimum atomic E-state index is -0.368. The van der Waals surface area contributed by atoms with Crippen molar-refractivity contribution in [3.05, 3.63) is 144 Å². The number of ketones is 2. The second-order valence-corrected chi connectivity index (χ2v) is 16.6. The number of rotatable bonds is 20. The van der Waals surface area contributed by atoms with E-state index in [1.165, 1.54) is 12.1 Å². The van der Waals surface area contributed by atoms with Crippen LogP contribution in [0.2, 0.25) is 0 Å². The monoisotopic (exact) mass is 984 g/mol. The summed E-state index contributed by atoms with van der Waals surface area (Å²) >= 11 is 4.35. The largest absolute Gasteiger partial charge is 0.457 e. The molecule has 71 heavy (non-hydrogen) atoms. The van der Waals surface area contributed by atoms with Gasteiger partial charge < -0.3 is 30.4 Å². The summed E-state index contributed by atoms with van der Waals surface area (Å²) in [6, 6.07) is 27.7. The number of ether oxygens (including phenoxy) is 2. The Morgan fingerprint density at radius 1 is 0.704 bits per heavy atom. The number of halogens is 2. The van der Waals surface area contributed by atoms with Crippen LogP contribution in [0.4, 0.5) is 37.5 Å². The molecule has 0 fully saturated rings. The number of hydrogen-bond acceptors (Lipinski definition) is 14. The summed E-state index contributed by atoms with van der Waals surface area (Å²) in [6.07, 6.45) is 3.86. The highest BCUT2D eigenvalue weighted by atomic mass is 32.1. The van der Waals surface area contributed by atoms with Crippen LogP contribution < -0.4 is 25.8 Å². The number of hydrogen-bond donors (Lipinski definition) is 3. The van der Waals surface area contributed by atoms with E-state index in [1.54, 1.807) is 67.0 Å². The number of aliphatic imine (C=N–C) groups is 1. The number of Topliss-reactive ketones (excluding diaryl/α,β-unsaturated/α-hetero) is 2. The van der Waals surface area contributed by atoms with Gasteiger partial charge in [-0.1, -0.05) is 39.8 Å². The molecule has 3 heterocycles. The van der Waals surface area contributed by atoms with Gasteiger partial charge in [-0.25, -0.2) is 13.8 Å². The number of nitrogens with zero attached hydrogens (tertiary/aromatic N) is 7. The fraction of sp³-hybridized carbons (Fsp3) is 0.296. The maximum atomic E-state index is 14.2. The van der Waals surface area contributed by atoms with E-state index in [1.807, 2.05) is 76.7 Å². The van der Waals surface area contributed by atoms with E-state index in [2.05, 4.69) is 71.6 Å². The van der Waals surface area contributed by atoms with Gasteiger partial charge in [0.15, 0.2) is 11.6 Å². The van der Waals surface area contributed by atoms with Gasteiger partial charge in [-0.15, -0.1) is 0 Å². The van der Waals surface area contributed by atoms with Gasteiger partial charge in [-0.3, -0.25) is 29.4 Å². The van der Waals surface area contributed by atoms with E-state index in [0.717, 1.165) is 48.5 Å². The van der Waals surface area contributed by atoms with Crippen LogP contribution in [0.25, 0.3) is 11.0 Å². The molecule has 0 aliphatic carbocycles. The summed E-state index contributed by atoms with van der Waals surface area (Å²) in [7, 11) is 3.69. The lowest BCUT2D eigenvalue weighted by Gasteiger charge is -2.16.